The van der Waals surface area contributed by atoms with Crippen molar-refractivity contribution in [3.8, 4) is 11.6 Å². The van der Waals surface area contributed by atoms with Crippen LogP contribution in [0.5, 0.6) is 11.6 Å². The van der Waals surface area contributed by atoms with E-state index in [-0.39, 0.29) is 30.3 Å². The third-order valence-electron chi connectivity index (χ3n) is 5.45. The van der Waals surface area contributed by atoms with E-state index in [0.29, 0.717) is 11.4 Å². The first-order valence-corrected chi connectivity index (χ1v) is 11.3. The lowest BCUT2D eigenvalue weighted by Gasteiger charge is -2.13. The molecule has 0 saturated carbocycles. The number of nitrogens with zero attached hydrogens (tertiary/aromatic N) is 6. The van der Waals surface area contributed by atoms with Crippen LogP contribution in [0.2, 0.25) is 0 Å². The molecule has 0 saturated heterocycles. The van der Waals surface area contributed by atoms with Gasteiger partial charge in [-0.05, 0) is 49.7 Å². The number of benzene rings is 2. The van der Waals surface area contributed by atoms with Crippen molar-refractivity contribution in [3.63, 3.8) is 0 Å². The smallest absolute Gasteiger partial charge is 0.353 e. The number of ether oxygens (including phenoxy) is 1. The monoisotopic (exact) mass is 501 g/mol. The summed E-state index contributed by atoms with van der Waals surface area (Å²) in [6, 6.07) is 18.4. The number of hydrogen-bond acceptors (Lipinski definition) is 8. The first-order valence-electron chi connectivity index (χ1n) is 11.3. The molecule has 12 heteroatoms. The van der Waals surface area contributed by atoms with Gasteiger partial charge >= 0.3 is 17.3 Å². The summed E-state index contributed by atoms with van der Waals surface area (Å²) < 4.78 is 8.86. The minimum Gasteiger partial charge on any atom is -0.439 e. The SMILES string of the molecule is CCn1c(=O)n(N)c(=Nc2ccc(Oc3cccc(C(=O)N=O)n3)cc2)n(Cc2ccc(C)cc2)c1=O. The summed E-state index contributed by atoms with van der Waals surface area (Å²) >= 11 is 0. The number of nitrogens with two attached hydrogens (primary N) is 1. The van der Waals surface area contributed by atoms with Crippen LogP contribution in [0.25, 0.3) is 0 Å². The van der Waals surface area contributed by atoms with E-state index in [4.69, 9.17) is 10.6 Å². The van der Waals surface area contributed by atoms with Crippen molar-refractivity contribution < 1.29 is 9.53 Å². The van der Waals surface area contributed by atoms with E-state index in [1.807, 2.05) is 31.2 Å². The van der Waals surface area contributed by atoms with Crippen molar-refractivity contribution in [2.45, 2.75) is 26.9 Å². The van der Waals surface area contributed by atoms with Gasteiger partial charge in [0.2, 0.25) is 11.5 Å². The molecule has 0 unspecified atom stereocenters. The van der Waals surface area contributed by atoms with Gasteiger partial charge in [-0.25, -0.2) is 24.1 Å². The van der Waals surface area contributed by atoms with Gasteiger partial charge in [-0.2, -0.15) is 4.68 Å². The van der Waals surface area contributed by atoms with Gasteiger partial charge in [0, 0.05) is 17.8 Å². The van der Waals surface area contributed by atoms with Crippen LogP contribution < -0.4 is 27.6 Å². The molecule has 0 atom stereocenters. The number of nitrogen functional groups attached to an aromatic ring is 1. The van der Waals surface area contributed by atoms with Crippen molar-refractivity contribution >= 4 is 11.6 Å². The highest BCUT2D eigenvalue weighted by atomic mass is 16.5. The summed E-state index contributed by atoms with van der Waals surface area (Å²) in [7, 11) is 0. The van der Waals surface area contributed by atoms with Crippen LogP contribution in [0, 0.1) is 11.8 Å². The zero-order valence-electron chi connectivity index (χ0n) is 20.1. The molecule has 0 bridgehead atoms. The number of hydrogen-bond donors (Lipinski definition) is 1. The number of amides is 1. The number of pyridine rings is 1. The molecule has 0 aliphatic carbocycles. The average molecular weight is 502 g/mol. The number of carbonyl (C=O) groups excluding carboxylic acids is 1. The maximum atomic E-state index is 13.1. The normalized spacial score (nSPS) is 11.4. The number of nitroso groups, excluding NO2 is 1. The lowest BCUT2D eigenvalue weighted by atomic mass is 10.1. The number of aromatic nitrogens is 4. The third-order valence-corrected chi connectivity index (χ3v) is 5.45. The zero-order valence-corrected chi connectivity index (χ0v) is 20.1. The fraction of sp³-hybridized carbons (Fsp3) is 0.160. The Kier molecular flexibility index (Phi) is 7.19. The summed E-state index contributed by atoms with van der Waals surface area (Å²) in [4.78, 5) is 56.1. The molecule has 4 aromatic rings. The summed E-state index contributed by atoms with van der Waals surface area (Å²) in [6.45, 7) is 3.96. The predicted octanol–water partition coefficient (Wildman–Crippen LogP) is 2.23. The van der Waals surface area contributed by atoms with Crippen LogP contribution in [0.3, 0.4) is 0 Å². The number of aryl methyl sites for hydroxylation is 1. The topological polar surface area (TPSA) is 156 Å². The summed E-state index contributed by atoms with van der Waals surface area (Å²) in [5.41, 5.74) is 0.940. The molecule has 0 fully saturated rings. The Bertz CT molecular complexity index is 1650. The van der Waals surface area contributed by atoms with E-state index in [2.05, 4.69) is 15.2 Å². The van der Waals surface area contributed by atoms with Crippen molar-refractivity contribution in [1.82, 2.24) is 18.8 Å². The highest BCUT2D eigenvalue weighted by Gasteiger charge is 2.13. The van der Waals surface area contributed by atoms with Crippen molar-refractivity contribution in [1.29, 1.82) is 0 Å². The molecule has 0 aliphatic rings. The van der Waals surface area contributed by atoms with E-state index >= 15 is 0 Å². The largest absolute Gasteiger partial charge is 0.439 e. The molecule has 2 aromatic heterocycles. The molecule has 0 radical (unpaired) electrons. The van der Waals surface area contributed by atoms with E-state index < -0.39 is 17.3 Å². The number of rotatable bonds is 7. The van der Waals surface area contributed by atoms with Crippen LogP contribution in [0.4, 0.5) is 5.69 Å². The minimum absolute atomic E-state index is 0.0248. The average Bonchev–Trinajstić information content (AvgIpc) is 2.91. The lowest BCUT2D eigenvalue weighted by molar-refractivity contribution is 0.0995. The Morgan fingerprint density at radius 1 is 0.973 bits per heavy atom. The Labute approximate surface area is 209 Å². The second-order valence-electron chi connectivity index (χ2n) is 8.02. The van der Waals surface area contributed by atoms with Crippen molar-refractivity contribution in [2.24, 2.45) is 10.2 Å². The van der Waals surface area contributed by atoms with Crippen molar-refractivity contribution in [2.75, 3.05) is 5.84 Å². The Morgan fingerprint density at radius 2 is 1.68 bits per heavy atom. The van der Waals surface area contributed by atoms with Gasteiger partial charge in [-0.1, -0.05) is 35.9 Å². The highest BCUT2D eigenvalue weighted by Crippen LogP contribution is 2.22. The molecule has 188 valence electrons. The van der Waals surface area contributed by atoms with Gasteiger partial charge in [-0.3, -0.25) is 9.36 Å². The second kappa shape index (κ2) is 10.6. The summed E-state index contributed by atoms with van der Waals surface area (Å²) in [6.07, 6.45) is 0. The lowest BCUT2D eigenvalue weighted by Crippen LogP contribution is -2.57. The van der Waals surface area contributed by atoms with Crippen LogP contribution >= 0.6 is 0 Å². The highest BCUT2D eigenvalue weighted by molar-refractivity contribution is 5.92. The van der Waals surface area contributed by atoms with Gasteiger partial charge in [0.05, 0.1) is 12.2 Å². The maximum absolute atomic E-state index is 13.1. The molecule has 12 nitrogen and oxygen atoms in total. The van der Waals surface area contributed by atoms with Crippen LogP contribution in [-0.2, 0) is 13.1 Å². The fourth-order valence-electron chi connectivity index (χ4n) is 3.52. The molecule has 1 amide bonds. The van der Waals surface area contributed by atoms with Crippen LogP contribution in [0.15, 0.2) is 86.5 Å². The van der Waals surface area contributed by atoms with Gasteiger partial charge < -0.3 is 10.6 Å². The van der Waals surface area contributed by atoms with Gasteiger partial charge in [0.15, 0.2) is 0 Å². The Balaban J connectivity index is 1.72. The van der Waals surface area contributed by atoms with E-state index in [9.17, 15) is 19.3 Å². The maximum Gasteiger partial charge on any atom is 0.353 e. The summed E-state index contributed by atoms with van der Waals surface area (Å²) in [5, 5.41) is 2.35. The van der Waals surface area contributed by atoms with Gasteiger partial charge in [0.1, 0.15) is 11.4 Å². The Hall–Kier alpha value is -5.13. The van der Waals surface area contributed by atoms with Crippen LogP contribution in [0.1, 0.15) is 28.5 Å². The molecule has 37 heavy (non-hydrogen) atoms. The molecule has 0 aliphatic heterocycles. The molecule has 2 heterocycles. The predicted molar refractivity (Wildman–Crippen MR) is 135 cm³/mol. The minimum atomic E-state index is -1.00. The number of carbonyl (C=O) groups is 1. The molecular formula is C25H23N7O5. The molecule has 4 rings (SSSR count). The van der Waals surface area contributed by atoms with Crippen LogP contribution in [-0.4, -0.2) is 24.7 Å². The van der Waals surface area contributed by atoms with E-state index in [1.54, 1.807) is 31.2 Å². The first-order chi connectivity index (χ1) is 17.8. The standard InChI is InChI=1S/C25H23N7O5/c1-3-30-24(34)31(15-17-9-7-16(2)8-10-17)23(32(26)25(30)35)27-18-11-13-19(14-12-18)37-21-6-4-5-20(28-21)22(33)29-36/h4-14H,3,15,26H2,1-2H3. The molecular weight excluding hydrogens is 478 g/mol. The van der Waals surface area contributed by atoms with Crippen molar-refractivity contribution in [3.05, 3.63) is 115 Å². The Morgan fingerprint density at radius 3 is 2.32 bits per heavy atom. The van der Waals surface area contributed by atoms with Gasteiger partial charge in [0.25, 0.3) is 0 Å². The zero-order chi connectivity index (χ0) is 26.5. The summed E-state index contributed by atoms with van der Waals surface area (Å²) in [5.74, 6) is 5.53. The fourth-order valence-corrected chi connectivity index (χ4v) is 3.52. The molecule has 2 aromatic carbocycles. The van der Waals surface area contributed by atoms with Gasteiger partial charge in [-0.15, -0.1) is 4.91 Å². The molecule has 0 spiro atoms. The molecule has 2 N–H and O–H groups in total. The van der Waals surface area contributed by atoms with E-state index in [0.717, 1.165) is 20.4 Å². The second-order valence-corrected chi connectivity index (χ2v) is 8.02. The third kappa shape index (κ3) is 5.42. The first kappa shape index (κ1) is 25.0. The quantitative estimate of drug-likeness (QED) is 0.301. The van der Waals surface area contributed by atoms with E-state index in [1.165, 1.54) is 22.8 Å².